The fourth-order valence-corrected chi connectivity index (χ4v) is 8.14. The van der Waals surface area contributed by atoms with E-state index in [9.17, 15) is 5.11 Å². The molecule has 0 saturated heterocycles. The van der Waals surface area contributed by atoms with Crippen molar-refractivity contribution in [2.24, 2.45) is 5.92 Å². The topological polar surface area (TPSA) is 50.9 Å². The molecule has 0 aliphatic rings. The predicted molar refractivity (Wildman–Crippen MR) is 252 cm³/mol. The Kier molecular flexibility index (Phi) is 12.2. The predicted octanol–water partition coefficient (Wildman–Crippen LogP) is 14.7. The van der Waals surface area contributed by atoms with Crippen molar-refractivity contribution in [3.05, 3.63) is 167 Å². The molecule has 0 amide bonds. The van der Waals surface area contributed by atoms with Crippen molar-refractivity contribution in [3.8, 4) is 67.5 Å². The summed E-state index contributed by atoms with van der Waals surface area (Å²) in [6, 6.07) is 49.3. The molecular weight excluding hydrogens is 926 g/mol. The van der Waals surface area contributed by atoms with Crippen LogP contribution in [0.1, 0.15) is 83.2 Å². The van der Waals surface area contributed by atoms with Gasteiger partial charge in [0.1, 0.15) is 11.6 Å². The largest absolute Gasteiger partial charge is 0.507 e. The van der Waals surface area contributed by atoms with E-state index in [1.165, 1.54) is 16.7 Å². The van der Waals surface area contributed by atoms with Gasteiger partial charge in [0.05, 0.1) is 22.3 Å². The molecule has 0 aliphatic heterocycles. The van der Waals surface area contributed by atoms with Gasteiger partial charge in [0.15, 0.2) is 0 Å². The Labute approximate surface area is 377 Å². The first kappa shape index (κ1) is 43.5. The van der Waals surface area contributed by atoms with E-state index >= 15 is 0 Å². The molecule has 1 N–H and O–H groups in total. The summed E-state index contributed by atoms with van der Waals surface area (Å²) in [7, 11) is 0. The number of aromatic hydroxyl groups is 1. The summed E-state index contributed by atoms with van der Waals surface area (Å²) < 4.78 is 2.27. The van der Waals surface area contributed by atoms with Crippen LogP contribution in [0.3, 0.4) is 0 Å². The number of hydrogen-bond acceptors (Lipinski definition) is 3. The van der Waals surface area contributed by atoms with Crippen molar-refractivity contribution >= 4 is 11.0 Å². The molecule has 5 heteroatoms. The monoisotopic (exact) mass is 981 g/mol. The molecule has 0 spiro atoms. The number of nitrogens with zero attached hydrogens (tertiary/aromatic N) is 3. The van der Waals surface area contributed by atoms with E-state index in [1.54, 1.807) is 0 Å². The van der Waals surface area contributed by atoms with E-state index < -0.39 is 0 Å². The normalized spacial score (nSPS) is 11.9. The summed E-state index contributed by atoms with van der Waals surface area (Å²) in [5.41, 5.74) is 17.1. The van der Waals surface area contributed by atoms with Crippen LogP contribution in [0.2, 0.25) is 0 Å². The van der Waals surface area contributed by atoms with E-state index in [0.717, 1.165) is 78.9 Å². The number of benzene rings is 6. The van der Waals surface area contributed by atoms with Gasteiger partial charge in [0.2, 0.25) is 0 Å². The molecule has 4 nitrogen and oxygen atoms in total. The van der Waals surface area contributed by atoms with E-state index in [4.69, 9.17) is 9.97 Å². The second kappa shape index (κ2) is 17.1. The Morgan fingerprint density at radius 2 is 1.33 bits per heavy atom. The summed E-state index contributed by atoms with van der Waals surface area (Å²) in [5, 5.41) is 12.0. The number of rotatable bonds is 8. The Morgan fingerprint density at radius 1 is 0.639 bits per heavy atom. The van der Waals surface area contributed by atoms with Crippen LogP contribution in [-0.4, -0.2) is 19.6 Å². The number of aromatic nitrogens is 3. The molecule has 2 heterocycles. The molecule has 312 valence electrons. The van der Waals surface area contributed by atoms with Crippen molar-refractivity contribution in [2.45, 2.75) is 86.5 Å². The number of imidazole rings is 1. The summed E-state index contributed by atoms with van der Waals surface area (Å²) in [6.07, 6.45) is 2.87. The second-order valence-corrected chi connectivity index (χ2v) is 18.9. The van der Waals surface area contributed by atoms with Crippen molar-refractivity contribution < 1.29 is 26.2 Å². The first-order chi connectivity index (χ1) is 28.5. The van der Waals surface area contributed by atoms with Crippen LogP contribution in [0.15, 0.2) is 134 Å². The number of para-hydroxylation sites is 1. The van der Waals surface area contributed by atoms with Gasteiger partial charge in [0.25, 0.3) is 0 Å². The summed E-state index contributed by atoms with van der Waals surface area (Å²) in [6.45, 7) is 22.0. The van der Waals surface area contributed by atoms with Crippen molar-refractivity contribution in [3.63, 3.8) is 0 Å². The number of fused-ring (bicyclic) bond motifs is 1. The average Bonchev–Trinajstić information content (AvgIpc) is 3.61. The fourth-order valence-electron chi connectivity index (χ4n) is 8.14. The Morgan fingerprint density at radius 3 is 2.02 bits per heavy atom. The van der Waals surface area contributed by atoms with Gasteiger partial charge in [-0.3, -0.25) is 9.55 Å². The third-order valence-corrected chi connectivity index (χ3v) is 11.6. The quantitative estimate of drug-likeness (QED) is 0.154. The van der Waals surface area contributed by atoms with Gasteiger partial charge >= 0.3 is 0 Å². The zero-order valence-electron chi connectivity index (χ0n) is 37.1. The number of phenolic OH excluding ortho intramolecular Hbond substituents is 1. The smallest absolute Gasteiger partial charge is 0.148 e. The van der Waals surface area contributed by atoms with Gasteiger partial charge in [-0.05, 0) is 101 Å². The van der Waals surface area contributed by atoms with E-state index in [1.807, 2.05) is 13.1 Å². The molecule has 2 aromatic heterocycles. The maximum absolute atomic E-state index is 12.0. The van der Waals surface area contributed by atoms with Gasteiger partial charge in [-0.2, -0.15) is 0 Å². The molecule has 0 unspecified atom stereocenters. The molecule has 0 fully saturated rings. The number of phenols is 1. The van der Waals surface area contributed by atoms with Crippen LogP contribution in [0, 0.1) is 25.8 Å². The molecule has 8 aromatic rings. The minimum atomic E-state index is -0.148. The number of aryl methyl sites for hydroxylation is 2. The van der Waals surface area contributed by atoms with Gasteiger partial charge < -0.3 is 5.11 Å². The minimum Gasteiger partial charge on any atom is -0.507 e. The third kappa shape index (κ3) is 8.93. The standard InChI is InChI=1S/C56H56N3O.Pt/c1-35(2)27-38-21-24-50(47(29-38)40-15-12-11-13-16-40)59-51-18-14-17-46(52(51)58-54(59)48-34-44(55(5,6)7)28-37(4)53(48)60)42-30-43(32-45(31-42)56(8,9)10)49-33-41(25-26-57-49)39-22-19-36(3)20-23-39;/h11-26,28-29,31-35,60H,27H2,1-10H3;/q-1;. The molecule has 0 aliphatic carbocycles. The van der Waals surface area contributed by atoms with Gasteiger partial charge in [0, 0.05) is 38.5 Å². The first-order valence-corrected chi connectivity index (χ1v) is 21.2. The number of pyridine rings is 1. The van der Waals surface area contributed by atoms with Gasteiger partial charge in [-0.25, -0.2) is 4.98 Å². The van der Waals surface area contributed by atoms with Crippen LogP contribution in [0.25, 0.3) is 72.7 Å². The third-order valence-electron chi connectivity index (χ3n) is 11.6. The van der Waals surface area contributed by atoms with Crippen LogP contribution in [-0.2, 0) is 38.3 Å². The minimum absolute atomic E-state index is 0. The molecule has 0 atom stereocenters. The molecule has 0 radical (unpaired) electrons. The van der Waals surface area contributed by atoms with E-state index in [0.29, 0.717) is 17.3 Å². The zero-order valence-corrected chi connectivity index (χ0v) is 39.4. The molecular formula is C56H56N3OPt-. The summed E-state index contributed by atoms with van der Waals surface area (Å²) in [5.74, 6) is 1.44. The fraction of sp³-hybridized carbons (Fsp3) is 0.250. The Balaban J connectivity index is 0.00000561. The molecule has 8 rings (SSSR count). The Hall–Kier alpha value is -5.57. The van der Waals surface area contributed by atoms with Crippen molar-refractivity contribution in [2.75, 3.05) is 0 Å². The zero-order chi connectivity index (χ0) is 42.5. The maximum atomic E-state index is 12.0. The molecule has 0 saturated carbocycles. The summed E-state index contributed by atoms with van der Waals surface area (Å²) >= 11 is 0. The van der Waals surface area contributed by atoms with Crippen LogP contribution >= 0.6 is 0 Å². The van der Waals surface area contributed by atoms with Crippen LogP contribution < -0.4 is 0 Å². The first-order valence-electron chi connectivity index (χ1n) is 21.2. The number of hydrogen-bond donors (Lipinski definition) is 1. The van der Waals surface area contributed by atoms with E-state index in [2.05, 4.69) is 200 Å². The molecule has 61 heavy (non-hydrogen) atoms. The van der Waals surface area contributed by atoms with Crippen molar-refractivity contribution in [1.82, 2.24) is 14.5 Å². The van der Waals surface area contributed by atoms with Crippen LogP contribution in [0.4, 0.5) is 0 Å². The van der Waals surface area contributed by atoms with Gasteiger partial charge in [-0.15, -0.1) is 29.3 Å². The maximum Gasteiger partial charge on any atom is 0.148 e. The molecule has 6 aromatic carbocycles. The SMILES string of the molecule is Cc1ccc(-c2ccnc(-c3[c-]c(-c4cccc5c4nc(-c4cc(C(C)(C)C)cc(C)c4O)n5-c4ccc(CC(C)C)cc4-c4ccccc4)cc(C(C)(C)C)c3)c2)cc1.[Pt]. The second-order valence-electron chi connectivity index (χ2n) is 18.9. The summed E-state index contributed by atoms with van der Waals surface area (Å²) in [4.78, 5) is 10.5. The van der Waals surface area contributed by atoms with Crippen LogP contribution in [0.5, 0.6) is 5.75 Å². The van der Waals surface area contributed by atoms with Crippen molar-refractivity contribution in [1.29, 1.82) is 0 Å². The average molecular weight is 982 g/mol. The molecule has 0 bridgehead atoms. The van der Waals surface area contributed by atoms with Gasteiger partial charge in [-0.1, -0.05) is 157 Å². The Bertz CT molecular complexity index is 2860. The van der Waals surface area contributed by atoms with E-state index in [-0.39, 0.29) is 37.6 Å².